The van der Waals surface area contributed by atoms with Gasteiger partial charge in [-0.1, -0.05) is 12.1 Å². The molecule has 1 fully saturated rings. The molecule has 0 saturated carbocycles. The third-order valence-corrected chi connectivity index (χ3v) is 4.12. The number of hydrogen-bond acceptors (Lipinski definition) is 6. The molecule has 25 heavy (non-hydrogen) atoms. The first-order valence-corrected chi connectivity index (χ1v) is 7.60. The van der Waals surface area contributed by atoms with E-state index in [0.717, 1.165) is 21.4 Å². The fraction of sp³-hybridized carbons (Fsp3) is 0.375. The van der Waals surface area contributed by atoms with E-state index in [2.05, 4.69) is 0 Å². The minimum Gasteiger partial charge on any atom is -0.508 e. The molecule has 3 rings (SSSR count). The molecule has 1 unspecified atom stereocenters. The Kier molecular flexibility index (Phi) is 4.71. The number of aliphatic hydroxyl groups excluding tert-OH is 2. The largest absolute Gasteiger partial charge is 0.508 e. The first kappa shape index (κ1) is 17.3. The van der Waals surface area contributed by atoms with E-state index in [-0.39, 0.29) is 12.3 Å². The van der Waals surface area contributed by atoms with Gasteiger partial charge >= 0.3 is 5.69 Å². The van der Waals surface area contributed by atoms with Gasteiger partial charge in [-0.15, -0.1) is 0 Å². The van der Waals surface area contributed by atoms with E-state index in [4.69, 9.17) is 9.84 Å². The molecule has 1 aliphatic heterocycles. The number of nitrogens with zero attached hydrogens (tertiary/aromatic N) is 2. The summed E-state index contributed by atoms with van der Waals surface area (Å²) in [7, 11) is 0. The standard InChI is InChI=1S/C16H17FN2O6/c17-13-14(23)11(8-20)25-15(13)18-6-5-12(22)19(16(18)24)7-9-1-3-10(21)4-2-9/h1-6,11,13-15,20-21,23H,7-8H2/t11-,13+,14?,15-/m1/s1. The molecule has 2 heterocycles. The number of phenolic OH excluding ortho intramolecular Hbond substituents is 1. The smallest absolute Gasteiger partial charge is 0.333 e. The van der Waals surface area contributed by atoms with Crippen LogP contribution in [0.2, 0.25) is 0 Å². The Balaban J connectivity index is 1.97. The van der Waals surface area contributed by atoms with Crippen LogP contribution in [-0.4, -0.2) is 49.4 Å². The molecular formula is C16H17FN2O6. The van der Waals surface area contributed by atoms with E-state index in [9.17, 15) is 24.2 Å². The van der Waals surface area contributed by atoms with Gasteiger partial charge in [-0.3, -0.25) is 13.9 Å². The molecule has 8 nitrogen and oxygen atoms in total. The van der Waals surface area contributed by atoms with Gasteiger partial charge in [-0.2, -0.15) is 0 Å². The van der Waals surface area contributed by atoms with Gasteiger partial charge < -0.3 is 20.1 Å². The van der Waals surface area contributed by atoms with Crippen LogP contribution in [0.4, 0.5) is 4.39 Å². The number of aromatic nitrogens is 2. The molecule has 134 valence electrons. The highest BCUT2D eigenvalue weighted by Crippen LogP contribution is 2.30. The highest BCUT2D eigenvalue weighted by molar-refractivity contribution is 5.26. The average molecular weight is 352 g/mol. The molecule has 0 spiro atoms. The molecule has 1 aromatic heterocycles. The molecular weight excluding hydrogens is 335 g/mol. The topological polar surface area (TPSA) is 114 Å². The Morgan fingerprint density at radius 1 is 1.16 bits per heavy atom. The summed E-state index contributed by atoms with van der Waals surface area (Å²) in [5, 5.41) is 28.1. The van der Waals surface area contributed by atoms with Crippen LogP contribution in [0.3, 0.4) is 0 Å². The minimum absolute atomic E-state index is 0.0465. The molecule has 2 aromatic rings. The SMILES string of the molecule is O=c1ccn([C@@H]2O[C@H](CO)C(O)[C@@H]2F)c(=O)n1Cc1ccc(O)cc1. The molecule has 3 N–H and O–H groups in total. The number of hydrogen-bond donors (Lipinski definition) is 3. The van der Waals surface area contributed by atoms with Gasteiger partial charge in [-0.05, 0) is 17.7 Å². The summed E-state index contributed by atoms with van der Waals surface area (Å²) in [6.07, 6.45) is -4.98. The maximum absolute atomic E-state index is 14.2. The van der Waals surface area contributed by atoms with Crippen LogP contribution < -0.4 is 11.2 Å². The maximum atomic E-state index is 14.2. The van der Waals surface area contributed by atoms with Gasteiger partial charge in [0.05, 0.1) is 13.2 Å². The summed E-state index contributed by atoms with van der Waals surface area (Å²) in [5.74, 6) is 0.0465. The van der Waals surface area contributed by atoms with Crippen molar-refractivity contribution in [2.45, 2.75) is 31.2 Å². The predicted molar refractivity (Wildman–Crippen MR) is 84.1 cm³/mol. The van der Waals surface area contributed by atoms with Crippen LogP contribution in [0, 0.1) is 0 Å². The second kappa shape index (κ2) is 6.79. The second-order valence-corrected chi connectivity index (χ2v) is 5.78. The Morgan fingerprint density at radius 3 is 2.44 bits per heavy atom. The number of aliphatic hydroxyl groups is 2. The van der Waals surface area contributed by atoms with Gasteiger partial charge in [0.15, 0.2) is 12.4 Å². The van der Waals surface area contributed by atoms with Crippen LogP contribution in [-0.2, 0) is 11.3 Å². The van der Waals surface area contributed by atoms with Gasteiger partial charge in [0.2, 0.25) is 0 Å². The van der Waals surface area contributed by atoms with E-state index in [1.165, 1.54) is 12.1 Å². The molecule has 4 atom stereocenters. The van der Waals surface area contributed by atoms with Gasteiger partial charge in [0, 0.05) is 12.3 Å². The lowest BCUT2D eigenvalue weighted by atomic mass is 10.1. The molecule has 1 aliphatic rings. The first-order chi connectivity index (χ1) is 11.9. The molecule has 9 heteroatoms. The number of alkyl halides is 1. The summed E-state index contributed by atoms with van der Waals surface area (Å²) >= 11 is 0. The van der Waals surface area contributed by atoms with Crippen molar-refractivity contribution in [2.24, 2.45) is 0 Å². The maximum Gasteiger partial charge on any atom is 0.333 e. The third-order valence-electron chi connectivity index (χ3n) is 4.12. The number of phenols is 1. The van der Waals surface area contributed by atoms with Crippen LogP contribution in [0.5, 0.6) is 5.75 Å². The minimum atomic E-state index is -1.92. The van der Waals surface area contributed by atoms with Crippen molar-refractivity contribution in [3.63, 3.8) is 0 Å². The van der Waals surface area contributed by atoms with Crippen LogP contribution >= 0.6 is 0 Å². The molecule has 0 radical (unpaired) electrons. The quantitative estimate of drug-likeness (QED) is 0.674. The van der Waals surface area contributed by atoms with Gasteiger partial charge in [-0.25, -0.2) is 9.18 Å². The lowest BCUT2D eigenvalue weighted by Gasteiger charge is -2.17. The zero-order valence-corrected chi connectivity index (χ0v) is 13.0. The van der Waals surface area contributed by atoms with Crippen molar-refractivity contribution >= 4 is 0 Å². The number of rotatable bonds is 4. The van der Waals surface area contributed by atoms with E-state index >= 15 is 0 Å². The number of halogens is 1. The lowest BCUT2D eigenvalue weighted by molar-refractivity contribution is -0.0496. The van der Waals surface area contributed by atoms with Crippen molar-refractivity contribution in [3.05, 3.63) is 62.9 Å². The van der Waals surface area contributed by atoms with Crippen LogP contribution in [0.25, 0.3) is 0 Å². The normalized spacial score (nSPS) is 26.0. The predicted octanol–water partition coefficient (Wildman–Crippen LogP) is -0.647. The van der Waals surface area contributed by atoms with E-state index in [1.807, 2.05) is 0 Å². The average Bonchev–Trinajstić information content (AvgIpc) is 2.88. The van der Waals surface area contributed by atoms with E-state index in [1.54, 1.807) is 12.1 Å². The molecule has 0 aliphatic carbocycles. The van der Waals surface area contributed by atoms with Crippen molar-refractivity contribution in [2.75, 3.05) is 6.61 Å². The Morgan fingerprint density at radius 2 is 1.84 bits per heavy atom. The van der Waals surface area contributed by atoms with Crippen molar-refractivity contribution in [3.8, 4) is 5.75 Å². The fourth-order valence-corrected chi connectivity index (χ4v) is 2.73. The lowest BCUT2D eigenvalue weighted by Crippen LogP contribution is -2.42. The second-order valence-electron chi connectivity index (χ2n) is 5.78. The summed E-state index contributed by atoms with van der Waals surface area (Å²) in [6.45, 7) is -0.672. The Hall–Kier alpha value is -2.49. The summed E-state index contributed by atoms with van der Waals surface area (Å²) in [5.41, 5.74) is -0.798. The van der Waals surface area contributed by atoms with Gasteiger partial charge in [0.1, 0.15) is 18.0 Å². The first-order valence-electron chi connectivity index (χ1n) is 7.60. The summed E-state index contributed by atoms with van der Waals surface area (Å²) < 4.78 is 21.2. The fourth-order valence-electron chi connectivity index (χ4n) is 2.73. The molecule has 1 aromatic carbocycles. The monoisotopic (exact) mass is 352 g/mol. The highest BCUT2D eigenvalue weighted by atomic mass is 19.1. The number of ether oxygens (including phenoxy) is 1. The highest BCUT2D eigenvalue weighted by Gasteiger charge is 2.45. The Labute approximate surface area is 141 Å². The van der Waals surface area contributed by atoms with Crippen molar-refractivity contribution in [1.82, 2.24) is 9.13 Å². The van der Waals surface area contributed by atoms with Crippen molar-refractivity contribution < 1.29 is 24.4 Å². The number of benzene rings is 1. The summed E-state index contributed by atoms with van der Waals surface area (Å²) in [6, 6.07) is 7.03. The number of aromatic hydroxyl groups is 1. The van der Waals surface area contributed by atoms with Crippen molar-refractivity contribution in [1.29, 1.82) is 0 Å². The van der Waals surface area contributed by atoms with E-state index in [0.29, 0.717) is 5.56 Å². The Bertz CT molecular complexity index is 862. The summed E-state index contributed by atoms with van der Waals surface area (Å²) in [4.78, 5) is 24.6. The van der Waals surface area contributed by atoms with Crippen LogP contribution in [0.15, 0.2) is 46.1 Å². The molecule has 0 amide bonds. The zero-order valence-electron chi connectivity index (χ0n) is 13.0. The van der Waals surface area contributed by atoms with E-state index < -0.39 is 42.5 Å². The van der Waals surface area contributed by atoms with Crippen LogP contribution in [0.1, 0.15) is 11.8 Å². The molecule has 1 saturated heterocycles. The molecule has 0 bridgehead atoms. The zero-order chi connectivity index (χ0) is 18.1. The third kappa shape index (κ3) is 3.21. The van der Waals surface area contributed by atoms with Gasteiger partial charge in [0.25, 0.3) is 5.56 Å².